The molecule has 1 aliphatic rings. The number of carbonyl (C=O) groups excluding carboxylic acids is 1. The molecule has 1 amide bonds. The van der Waals surface area contributed by atoms with Crippen molar-refractivity contribution < 1.29 is 13.2 Å². The SMILES string of the molecule is CC(NC(=O)c1ccc(=O)n(C2CCN(S(C)(=O)=O)CC2)n1)c1cccc(Cl)c1. The van der Waals surface area contributed by atoms with Gasteiger partial charge in [-0.05, 0) is 43.5 Å². The van der Waals surface area contributed by atoms with E-state index >= 15 is 0 Å². The summed E-state index contributed by atoms with van der Waals surface area (Å²) in [6.07, 6.45) is 2.09. The van der Waals surface area contributed by atoms with Gasteiger partial charge in [0.15, 0.2) is 0 Å². The summed E-state index contributed by atoms with van der Waals surface area (Å²) in [6, 6.07) is 9.37. The molecule has 2 heterocycles. The Labute approximate surface area is 174 Å². The molecule has 0 saturated carbocycles. The lowest BCUT2D eigenvalue weighted by Gasteiger charge is -2.30. The molecule has 0 aliphatic carbocycles. The van der Waals surface area contributed by atoms with Crippen LogP contribution in [0.2, 0.25) is 5.02 Å². The Morgan fingerprint density at radius 2 is 1.93 bits per heavy atom. The maximum absolute atomic E-state index is 12.6. The summed E-state index contributed by atoms with van der Waals surface area (Å²) in [5, 5.41) is 7.68. The quantitative estimate of drug-likeness (QED) is 0.769. The van der Waals surface area contributed by atoms with E-state index in [0.717, 1.165) is 5.56 Å². The molecule has 1 aliphatic heterocycles. The average molecular weight is 439 g/mol. The zero-order valence-corrected chi connectivity index (χ0v) is 17.8. The summed E-state index contributed by atoms with van der Waals surface area (Å²) in [5.74, 6) is -0.403. The van der Waals surface area contributed by atoms with Crippen molar-refractivity contribution in [3.63, 3.8) is 0 Å². The Hall–Kier alpha value is -2.23. The van der Waals surface area contributed by atoms with Gasteiger partial charge in [0.2, 0.25) is 10.0 Å². The van der Waals surface area contributed by atoms with E-state index in [9.17, 15) is 18.0 Å². The molecule has 1 saturated heterocycles. The molecule has 1 N–H and O–H groups in total. The van der Waals surface area contributed by atoms with Crippen molar-refractivity contribution in [1.82, 2.24) is 19.4 Å². The van der Waals surface area contributed by atoms with Crippen molar-refractivity contribution in [2.24, 2.45) is 0 Å². The lowest BCUT2D eigenvalue weighted by Crippen LogP contribution is -2.41. The van der Waals surface area contributed by atoms with Crippen molar-refractivity contribution in [2.45, 2.75) is 31.8 Å². The molecule has 10 heteroatoms. The predicted molar refractivity (Wildman–Crippen MR) is 111 cm³/mol. The number of rotatable bonds is 5. The molecule has 8 nitrogen and oxygen atoms in total. The predicted octanol–water partition coefficient (Wildman–Crippen LogP) is 1.98. The van der Waals surface area contributed by atoms with E-state index in [-0.39, 0.29) is 23.3 Å². The first-order valence-electron chi connectivity index (χ1n) is 9.26. The van der Waals surface area contributed by atoms with Crippen molar-refractivity contribution in [2.75, 3.05) is 19.3 Å². The zero-order valence-electron chi connectivity index (χ0n) is 16.2. The second-order valence-corrected chi connectivity index (χ2v) is 9.56. The summed E-state index contributed by atoms with van der Waals surface area (Å²) in [7, 11) is -3.25. The van der Waals surface area contributed by atoms with Crippen LogP contribution in [0.4, 0.5) is 0 Å². The Bertz CT molecular complexity index is 1060. The number of hydrogen-bond acceptors (Lipinski definition) is 5. The van der Waals surface area contributed by atoms with Crippen LogP contribution in [0, 0.1) is 0 Å². The molecule has 1 aromatic heterocycles. The van der Waals surface area contributed by atoms with Gasteiger partial charge in [-0.25, -0.2) is 17.4 Å². The maximum atomic E-state index is 12.6. The molecule has 29 heavy (non-hydrogen) atoms. The zero-order chi connectivity index (χ0) is 21.2. The lowest BCUT2D eigenvalue weighted by molar-refractivity contribution is 0.0931. The van der Waals surface area contributed by atoms with Crippen LogP contribution in [-0.2, 0) is 10.0 Å². The normalized spacial score (nSPS) is 17.1. The molecular formula is C19H23ClN4O4S. The van der Waals surface area contributed by atoms with Gasteiger partial charge in [-0.1, -0.05) is 23.7 Å². The number of nitrogens with one attached hydrogen (secondary N) is 1. The van der Waals surface area contributed by atoms with E-state index in [1.807, 2.05) is 19.1 Å². The number of aromatic nitrogens is 2. The minimum Gasteiger partial charge on any atom is -0.344 e. The topological polar surface area (TPSA) is 101 Å². The minimum absolute atomic E-state index is 0.129. The number of sulfonamides is 1. The summed E-state index contributed by atoms with van der Waals surface area (Å²) in [4.78, 5) is 24.9. The van der Waals surface area contributed by atoms with Crippen molar-refractivity contribution in [1.29, 1.82) is 0 Å². The Kier molecular flexibility index (Phi) is 6.40. The van der Waals surface area contributed by atoms with Crippen molar-refractivity contribution >= 4 is 27.5 Å². The molecule has 1 aromatic carbocycles. The van der Waals surface area contributed by atoms with Gasteiger partial charge in [-0.15, -0.1) is 0 Å². The van der Waals surface area contributed by atoms with Crippen LogP contribution in [0.3, 0.4) is 0 Å². The van der Waals surface area contributed by atoms with Crippen molar-refractivity contribution in [3.05, 3.63) is 63.0 Å². The van der Waals surface area contributed by atoms with Crippen LogP contribution in [-0.4, -0.2) is 47.8 Å². The number of hydrogen-bond donors (Lipinski definition) is 1. The van der Waals surface area contributed by atoms with Gasteiger partial charge >= 0.3 is 0 Å². The number of amides is 1. The van der Waals surface area contributed by atoms with E-state index in [1.54, 1.807) is 12.1 Å². The van der Waals surface area contributed by atoms with Crippen LogP contribution >= 0.6 is 11.6 Å². The Balaban J connectivity index is 1.73. The molecular weight excluding hydrogens is 416 g/mol. The standard InChI is InChI=1S/C19H23ClN4O4S/c1-13(14-4-3-5-15(20)12-14)21-19(26)17-6-7-18(25)24(22-17)16-8-10-23(11-9-16)29(2,27)28/h3-7,12-13,16H,8-11H2,1-2H3,(H,21,26). The van der Waals surface area contributed by atoms with E-state index in [4.69, 9.17) is 11.6 Å². The highest BCUT2D eigenvalue weighted by Gasteiger charge is 2.27. The molecule has 3 rings (SSSR count). The van der Waals surface area contributed by atoms with Crippen LogP contribution < -0.4 is 10.9 Å². The number of benzene rings is 1. The highest BCUT2D eigenvalue weighted by atomic mass is 35.5. The lowest BCUT2D eigenvalue weighted by atomic mass is 10.1. The van der Waals surface area contributed by atoms with E-state index in [0.29, 0.717) is 31.0 Å². The number of nitrogens with zero attached hydrogens (tertiary/aromatic N) is 3. The number of piperidine rings is 1. The van der Waals surface area contributed by atoms with Gasteiger partial charge in [0.25, 0.3) is 11.5 Å². The van der Waals surface area contributed by atoms with E-state index < -0.39 is 15.9 Å². The fraction of sp³-hybridized carbons (Fsp3) is 0.421. The van der Waals surface area contributed by atoms with Gasteiger partial charge in [0.1, 0.15) is 5.69 Å². The highest BCUT2D eigenvalue weighted by molar-refractivity contribution is 7.88. The molecule has 1 atom stereocenters. The van der Waals surface area contributed by atoms with Crippen molar-refractivity contribution in [3.8, 4) is 0 Å². The molecule has 0 spiro atoms. The molecule has 0 bridgehead atoms. The third kappa shape index (κ3) is 5.23. The number of halogens is 1. The molecule has 156 valence electrons. The summed E-state index contributed by atoms with van der Waals surface area (Å²) in [5.41, 5.74) is 0.665. The largest absolute Gasteiger partial charge is 0.344 e. The monoisotopic (exact) mass is 438 g/mol. The average Bonchev–Trinajstić information content (AvgIpc) is 2.67. The van der Waals surface area contributed by atoms with Crippen LogP contribution in [0.5, 0.6) is 0 Å². The van der Waals surface area contributed by atoms with Gasteiger partial charge < -0.3 is 5.32 Å². The van der Waals surface area contributed by atoms with E-state index in [1.165, 1.54) is 27.4 Å². The first kappa shape index (κ1) is 21.5. The summed E-state index contributed by atoms with van der Waals surface area (Å²) in [6.45, 7) is 2.47. The molecule has 1 fully saturated rings. The van der Waals surface area contributed by atoms with Gasteiger partial charge in [0, 0.05) is 24.2 Å². The third-order valence-corrected chi connectivity index (χ3v) is 6.53. The second kappa shape index (κ2) is 8.64. The molecule has 1 unspecified atom stereocenters. The third-order valence-electron chi connectivity index (χ3n) is 4.99. The van der Waals surface area contributed by atoms with E-state index in [2.05, 4.69) is 10.4 Å². The Morgan fingerprint density at radius 1 is 1.24 bits per heavy atom. The molecule has 2 aromatic rings. The fourth-order valence-electron chi connectivity index (χ4n) is 3.36. The first-order chi connectivity index (χ1) is 13.6. The van der Waals surface area contributed by atoms with Crippen LogP contribution in [0.25, 0.3) is 0 Å². The first-order valence-corrected chi connectivity index (χ1v) is 11.5. The fourth-order valence-corrected chi connectivity index (χ4v) is 4.43. The minimum atomic E-state index is -3.25. The Morgan fingerprint density at radius 3 is 2.55 bits per heavy atom. The summed E-state index contributed by atoms with van der Waals surface area (Å²) >= 11 is 6.00. The highest BCUT2D eigenvalue weighted by Crippen LogP contribution is 2.22. The number of carbonyl (C=O) groups is 1. The van der Waals surface area contributed by atoms with Gasteiger partial charge in [-0.3, -0.25) is 9.59 Å². The smallest absolute Gasteiger partial charge is 0.272 e. The maximum Gasteiger partial charge on any atom is 0.272 e. The van der Waals surface area contributed by atoms with Gasteiger partial charge in [0.05, 0.1) is 18.3 Å². The molecule has 0 radical (unpaired) electrons. The van der Waals surface area contributed by atoms with Gasteiger partial charge in [-0.2, -0.15) is 5.10 Å². The summed E-state index contributed by atoms with van der Waals surface area (Å²) < 4.78 is 26.0. The van der Waals surface area contributed by atoms with Crippen LogP contribution in [0.1, 0.15) is 47.9 Å². The second-order valence-electron chi connectivity index (χ2n) is 7.14. The van der Waals surface area contributed by atoms with Crippen LogP contribution in [0.15, 0.2) is 41.2 Å².